The summed E-state index contributed by atoms with van der Waals surface area (Å²) in [6.07, 6.45) is 5.21. The van der Waals surface area contributed by atoms with Crippen LogP contribution < -0.4 is 0 Å². The van der Waals surface area contributed by atoms with Gasteiger partial charge in [-0.15, -0.1) is 0 Å². The largest absolute Gasteiger partial charge is 0.0654 e. The fourth-order valence-electron chi connectivity index (χ4n) is 1.95. The Morgan fingerprint density at radius 2 is 2.00 bits per heavy atom. The molecule has 1 fully saturated rings. The first-order valence-electron chi connectivity index (χ1n) is 4.44. The molecule has 0 saturated heterocycles. The van der Waals surface area contributed by atoms with E-state index in [9.17, 15) is 0 Å². The fraction of sp³-hybridized carbons (Fsp3) is 0.900. The molecule has 0 aromatic heterocycles. The highest BCUT2D eigenvalue weighted by atomic mass is 14.5. The smallest absolute Gasteiger partial charge is 0.0286 e. The molecule has 0 amide bonds. The van der Waals surface area contributed by atoms with Crippen LogP contribution in [-0.2, 0) is 0 Å². The maximum absolute atomic E-state index is 2.48. The highest BCUT2D eigenvalue weighted by Gasteiger charge is 2.48. The van der Waals surface area contributed by atoms with Crippen molar-refractivity contribution in [3.63, 3.8) is 0 Å². The van der Waals surface area contributed by atoms with Crippen LogP contribution >= 0.6 is 0 Å². The van der Waals surface area contributed by atoms with Crippen molar-refractivity contribution in [3.05, 3.63) is 6.42 Å². The molecule has 0 aromatic rings. The summed E-state index contributed by atoms with van der Waals surface area (Å²) in [4.78, 5) is 0. The predicted molar refractivity (Wildman–Crippen MR) is 45.6 cm³/mol. The first-order chi connectivity index (χ1) is 4.58. The normalized spacial score (nSPS) is 31.8. The first kappa shape index (κ1) is 8.10. The molecule has 10 heavy (non-hydrogen) atoms. The average Bonchev–Trinajstić information content (AvgIpc) is 2.41. The fourth-order valence-corrected chi connectivity index (χ4v) is 1.95. The van der Waals surface area contributed by atoms with Gasteiger partial charge in [-0.2, -0.15) is 0 Å². The summed E-state index contributed by atoms with van der Waals surface area (Å²) in [5.74, 6) is 1.83. The third-order valence-corrected chi connectivity index (χ3v) is 2.72. The quantitative estimate of drug-likeness (QED) is 0.563. The Bertz CT molecular complexity index is 113. The zero-order chi connectivity index (χ0) is 7.78. The van der Waals surface area contributed by atoms with Crippen molar-refractivity contribution in [2.45, 2.75) is 40.5 Å². The molecule has 1 aliphatic carbocycles. The van der Waals surface area contributed by atoms with Gasteiger partial charge in [0.05, 0.1) is 0 Å². The molecule has 1 rings (SSSR count). The lowest BCUT2D eigenvalue weighted by Crippen LogP contribution is -2.01. The molecule has 0 aliphatic heterocycles. The second kappa shape index (κ2) is 2.56. The predicted octanol–water partition coefficient (Wildman–Crippen LogP) is 3.28. The van der Waals surface area contributed by atoms with E-state index in [0.29, 0.717) is 5.41 Å². The minimum absolute atomic E-state index is 0.564. The van der Waals surface area contributed by atoms with Gasteiger partial charge < -0.3 is 0 Å². The summed E-state index contributed by atoms with van der Waals surface area (Å²) in [5, 5.41) is 0. The lowest BCUT2D eigenvalue weighted by molar-refractivity contribution is 0.396. The van der Waals surface area contributed by atoms with Gasteiger partial charge in [0.15, 0.2) is 0 Å². The van der Waals surface area contributed by atoms with Gasteiger partial charge >= 0.3 is 0 Å². The summed E-state index contributed by atoms with van der Waals surface area (Å²) >= 11 is 0. The lowest BCUT2D eigenvalue weighted by Gasteiger charge is -2.10. The highest BCUT2D eigenvalue weighted by Crippen LogP contribution is 2.55. The topological polar surface area (TPSA) is 0 Å². The molecule has 0 N–H and O–H groups in total. The molecular formula is C10H19. The molecule has 0 heterocycles. The molecule has 2 atom stereocenters. The van der Waals surface area contributed by atoms with E-state index in [-0.39, 0.29) is 0 Å². The lowest BCUT2D eigenvalue weighted by atomic mass is 9.95. The van der Waals surface area contributed by atoms with E-state index in [1.165, 1.54) is 12.8 Å². The second-order valence-corrected chi connectivity index (χ2v) is 4.28. The summed E-state index contributed by atoms with van der Waals surface area (Å²) < 4.78 is 0. The Hall–Kier alpha value is 0. The molecule has 1 radical (unpaired) electrons. The van der Waals surface area contributed by atoms with Crippen molar-refractivity contribution in [2.24, 2.45) is 17.3 Å². The van der Waals surface area contributed by atoms with Gasteiger partial charge in [-0.3, -0.25) is 0 Å². The summed E-state index contributed by atoms with van der Waals surface area (Å²) in [6, 6.07) is 0. The molecule has 1 aliphatic rings. The maximum Gasteiger partial charge on any atom is -0.0286 e. The van der Waals surface area contributed by atoms with Crippen LogP contribution in [0.5, 0.6) is 0 Å². The van der Waals surface area contributed by atoms with Gasteiger partial charge in [-0.1, -0.05) is 40.5 Å². The third-order valence-electron chi connectivity index (χ3n) is 2.72. The standard InChI is InChI=1S/C10H19/c1-5-6-8(2)9-7-10(9,3)4/h7-9H,5-6H2,1-4H3. The van der Waals surface area contributed by atoms with E-state index in [0.717, 1.165) is 11.8 Å². The highest BCUT2D eigenvalue weighted by molar-refractivity contribution is 5.14. The van der Waals surface area contributed by atoms with Crippen LogP contribution in [0.15, 0.2) is 0 Å². The second-order valence-electron chi connectivity index (χ2n) is 4.28. The Kier molecular flexibility index (Phi) is 2.07. The van der Waals surface area contributed by atoms with Gasteiger partial charge in [0.2, 0.25) is 0 Å². The summed E-state index contributed by atoms with van der Waals surface area (Å²) in [6.45, 7) is 9.32. The van der Waals surface area contributed by atoms with Crippen molar-refractivity contribution in [2.75, 3.05) is 0 Å². The Labute approximate surface area is 65.0 Å². The van der Waals surface area contributed by atoms with E-state index in [1.54, 1.807) is 0 Å². The number of hydrogen-bond donors (Lipinski definition) is 0. The van der Waals surface area contributed by atoms with Crippen LogP contribution in [0.25, 0.3) is 0 Å². The number of hydrogen-bond acceptors (Lipinski definition) is 0. The first-order valence-corrected chi connectivity index (χ1v) is 4.44. The molecule has 59 valence electrons. The molecule has 0 heteroatoms. The summed E-state index contributed by atoms with van der Waals surface area (Å²) in [7, 11) is 0. The van der Waals surface area contributed by atoms with Gasteiger partial charge in [0.25, 0.3) is 0 Å². The summed E-state index contributed by atoms with van der Waals surface area (Å²) in [5.41, 5.74) is 0.564. The maximum atomic E-state index is 2.48. The van der Waals surface area contributed by atoms with Gasteiger partial charge in [0, 0.05) is 0 Å². The average molecular weight is 139 g/mol. The van der Waals surface area contributed by atoms with Crippen molar-refractivity contribution >= 4 is 0 Å². The Morgan fingerprint density at radius 3 is 2.30 bits per heavy atom. The van der Waals surface area contributed by atoms with Crippen LogP contribution in [0.4, 0.5) is 0 Å². The van der Waals surface area contributed by atoms with Gasteiger partial charge in [-0.05, 0) is 23.7 Å². The Morgan fingerprint density at radius 1 is 1.50 bits per heavy atom. The molecule has 2 unspecified atom stereocenters. The molecule has 0 bridgehead atoms. The Balaban J connectivity index is 2.25. The van der Waals surface area contributed by atoms with Crippen molar-refractivity contribution in [3.8, 4) is 0 Å². The number of rotatable bonds is 3. The van der Waals surface area contributed by atoms with E-state index in [4.69, 9.17) is 0 Å². The molecule has 1 saturated carbocycles. The van der Waals surface area contributed by atoms with E-state index in [1.807, 2.05) is 0 Å². The monoisotopic (exact) mass is 139 g/mol. The zero-order valence-electron chi connectivity index (χ0n) is 7.65. The molecule has 0 aromatic carbocycles. The van der Waals surface area contributed by atoms with Gasteiger partial charge in [0.1, 0.15) is 0 Å². The van der Waals surface area contributed by atoms with Crippen molar-refractivity contribution < 1.29 is 0 Å². The SMILES string of the molecule is CCCC(C)C1[CH]C1(C)C. The zero-order valence-corrected chi connectivity index (χ0v) is 7.65. The third kappa shape index (κ3) is 1.53. The van der Waals surface area contributed by atoms with Crippen molar-refractivity contribution in [1.29, 1.82) is 0 Å². The van der Waals surface area contributed by atoms with Crippen LogP contribution in [0.3, 0.4) is 0 Å². The van der Waals surface area contributed by atoms with Crippen LogP contribution in [-0.4, -0.2) is 0 Å². The van der Waals surface area contributed by atoms with Crippen LogP contribution in [0.1, 0.15) is 40.5 Å². The molecule has 0 nitrogen and oxygen atoms in total. The van der Waals surface area contributed by atoms with Crippen LogP contribution in [0.2, 0.25) is 0 Å². The minimum Gasteiger partial charge on any atom is -0.0654 e. The van der Waals surface area contributed by atoms with E-state index < -0.39 is 0 Å². The molecule has 0 spiro atoms. The van der Waals surface area contributed by atoms with Gasteiger partial charge in [-0.25, -0.2) is 0 Å². The van der Waals surface area contributed by atoms with Crippen LogP contribution in [0, 0.1) is 23.7 Å². The molecular weight excluding hydrogens is 120 g/mol. The van der Waals surface area contributed by atoms with E-state index >= 15 is 0 Å². The van der Waals surface area contributed by atoms with E-state index in [2.05, 4.69) is 34.1 Å². The minimum atomic E-state index is 0.564. The van der Waals surface area contributed by atoms with Crippen molar-refractivity contribution in [1.82, 2.24) is 0 Å².